The van der Waals surface area contributed by atoms with Gasteiger partial charge in [0.1, 0.15) is 28.8 Å². The van der Waals surface area contributed by atoms with Gasteiger partial charge in [-0.25, -0.2) is 4.98 Å². The van der Waals surface area contributed by atoms with E-state index in [9.17, 15) is 9.59 Å². The van der Waals surface area contributed by atoms with Gasteiger partial charge in [0.2, 0.25) is 5.95 Å². The molecule has 2 aromatic carbocycles. The van der Waals surface area contributed by atoms with Crippen LogP contribution in [0.4, 0.5) is 11.6 Å². The van der Waals surface area contributed by atoms with E-state index in [2.05, 4.69) is 20.6 Å². The second kappa shape index (κ2) is 12.7. The van der Waals surface area contributed by atoms with Crippen LogP contribution in [0.1, 0.15) is 12.5 Å². The number of nitrogens with one attached hydrogen (secondary N) is 2. The highest BCUT2D eigenvalue weighted by atomic mass is 35.5. The first-order chi connectivity index (χ1) is 19.8. The molecule has 2 N–H and O–H groups in total. The number of anilines is 2. The zero-order valence-corrected chi connectivity index (χ0v) is 24.2. The molecule has 2 aromatic heterocycles. The summed E-state index contributed by atoms with van der Waals surface area (Å²) >= 11 is 13.3. The second-order valence-corrected chi connectivity index (χ2v) is 9.50. The van der Waals surface area contributed by atoms with Gasteiger partial charge in [-0.1, -0.05) is 41.4 Å². The molecule has 1 amide bonds. The molecule has 0 fully saturated rings. The Morgan fingerprint density at radius 3 is 2.46 bits per heavy atom. The minimum absolute atomic E-state index is 0.0109. The number of halogens is 2. The molecule has 4 rings (SSSR count). The molecule has 0 atom stereocenters. The first kappa shape index (κ1) is 29.4. The zero-order valence-electron chi connectivity index (χ0n) is 22.7. The van der Waals surface area contributed by atoms with Crippen LogP contribution in [0.15, 0.2) is 59.0 Å². The van der Waals surface area contributed by atoms with Gasteiger partial charge < -0.3 is 20.1 Å². The Morgan fingerprint density at radius 2 is 1.85 bits per heavy atom. The van der Waals surface area contributed by atoms with Gasteiger partial charge in [-0.15, -0.1) is 0 Å². The maximum atomic E-state index is 14.1. The van der Waals surface area contributed by atoms with Crippen LogP contribution in [0.2, 0.25) is 10.0 Å². The smallest absolute Gasteiger partial charge is 0.265 e. The average Bonchev–Trinajstić information content (AvgIpc) is 2.98. The van der Waals surface area contributed by atoms with Gasteiger partial charge in [-0.05, 0) is 37.1 Å². The number of carbonyl (C=O) groups excluding carboxylic acids is 1. The molecular weight excluding hydrogens is 567 g/mol. The number of rotatable bonds is 9. The largest absolute Gasteiger partial charge is 0.495 e. The number of amides is 1. The van der Waals surface area contributed by atoms with Crippen molar-refractivity contribution in [1.82, 2.24) is 14.5 Å². The summed E-state index contributed by atoms with van der Waals surface area (Å²) in [5.41, 5.74) is 1.90. The third kappa shape index (κ3) is 5.96. The predicted octanol–water partition coefficient (Wildman–Crippen LogP) is 5.48. The standard InChI is InChI=1S/C29H26Cl2N6O4/c1-5-17(14-32)27(38)35-19-8-6-7-16(11-19)9-10-37-26-18(15-34-29(33-2)36-26)12-20(28(37)39)23-24(30)21(40-3)13-22(41-4)25(23)31/h5-8,11-13,15H,9-10H2,1-4H3,(H,35,38)(H,33,34,36)/b17-5+. The molecule has 2 heterocycles. The molecule has 12 heteroatoms. The number of nitriles is 1. The van der Waals surface area contributed by atoms with E-state index in [1.807, 2.05) is 12.1 Å². The summed E-state index contributed by atoms with van der Waals surface area (Å²) < 4.78 is 12.3. The Labute approximate surface area is 246 Å². The van der Waals surface area contributed by atoms with E-state index in [1.54, 1.807) is 50.5 Å². The molecule has 0 aliphatic rings. The molecule has 10 nitrogen and oxygen atoms in total. The first-order valence-electron chi connectivity index (χ1n) is 12.4. The molecule has 0 aliphatic carbocycles. The number of allylic oxidation sites excluding steroid dienone is 1. The third-order valence-electron chi connectivity index (χ3n) is 6.36. The van der Waals surface area contributed by atoms with E-state index in [-0.39, 0.29) is 38.8 Å². The average molecular weight is 593 g/mol. The minimum atomic E-state index is -0.499. The SMILES string of the molecule is C/C=C(\C#N)C(=O)Nc1cccc(CCn2c(=O)c(-c3c(Cl)c(OC)cc(OC)c3Cl)cc3cnc(NC)nc32)c1. The van der Waals surface area contributed by atoms with Crippen LogP contribution >= 0.6 is 23.2 Å². The Kier molecular flexibility index (Phi) is 9.12. The van der Waals surface area contributed by atoms with Crippen molar-refractivity contribution in [1.29, 1.82) is 5.26 Å². The van der Waals surface area contributed by atoms with Gasteiger partial charge in [0.25, 0.3) is 11.5 Å². The molecule has 0 aliphatic heterocycles. The summed E-state index contributed by atoms with van der Waals surface area (Å²) in [6, 6.07) is 12.2. The molecule has 0 radical (unpaired) electrons. The number of aryl methyl sites for hydroxylation is 2. The summed E-state index contributed by atoms with van der Waals surface area (Å²) in [5, 5.41) is 15.7. The lowest BCUT2D eigenvalue weighted by atomic mass is 10.0. The summed E-state index contributed by atoms with van der Waals surface area (Å²) in [4.78, 5) is 35.2. The Morgan fingerprint density at radius 1 is 1.15 bits per heavy atom. The van der Waals surface area contributed by atoms with Gasteiger partial charge in [0.15, 0.2) is 0 Å². The topological polar surface area (TPSA) is 131 Å². The van der Waals surface area contributed by atoms with Crippen LogP contribution in [-0.4, -0.2) is 41.7 Å². The van der Waals surface area contributed by atoms with Crippen molar-refractivity contribution in [2.45, 2.75) is 19.9 Å². The van der Waals surface area contributed by atoms with Gasteiger partial charge >= 0.3 is 0 Å². The number of hydrogen-bond acceptors (Lipinski definition) is 8. The third-order valence-corrected chi connectivity index (χ3v) is 7.11. The molecule has 0 saturated heterocycles. The van der Waals surface area contributed by atoms with Crippen molar-refractivity contribution < 1.29 is 14.3 Å². The molecular formula is C29H26Cl2N6O4. The van der Waals surface area contributed by atoms with Crippen LogP contribution in [0, 0.1) is 11.3 Å². The fraction of sp³-hybridized carbons (Fsp3) is 0.207. The lowest BCUT2D eigenvalue weighted by Crippen LogP contribution is -2.24. The molecule has 41 heavy (non-hydrogen) atoms. The van der Waals surface area contributed by atoms with Crippen molar-refractivity contribution in [3.63, 3.8) is 0 Å². The van der Waals surface area contributed by atoms with Crippen LogP contribution in [0.25, 0.3) is 22.2 Å². The summed E-state index contributed by atoms with van der Waals surface area (Å²) in [5.74, 6) is 0.444. The van der Waals surface area contributed by atoms with E-state index in [0.29, 0.717) is 40.6 Å². The van der Waals surface area contributed by atoms with Crippen LogP contribution in [0.3, 0.4) is 0 Å². The minimum Gasteiger partial charge on any atom is -0.495 e. The number of nitrogens with zero attached hydrogens (tertiary/aromatic N) is 4. The predicted molar refractivity (Wildman–Crippen MR) is 160 cm³/mol. The highest BCUT2D eigenvalue weighted by Crippen LogP contribution is 2.45. The van der Waals surface area contributed by atoms with Crippen molar-refractivity contribution in [3.8, 4) is 28.7 Å². The maximum Gasteiger partial charge on any atom is 0.265 e. The zero-order chi connectivity index (χ0) is 29.7. The van der Waals surface area contributed by atoms with Crippen molar-refractivity contribution >= 4 is 51.8 Å². The normalized spacial score (nSPS) is 11.2. The molecule has 0 bridgehead atoms. The number of pyridine rings is 1. The van der Waals surface area contributed by atoms with Crippen LogP contribution in [0.5, 0.6) is 11.5 Å². The van der Waals surface area contributed by atoms with E-state index >= 15 is 0 Å². The summed E-state index contributed by atoms with van der Waals surface area (Å²) in [6.07, 6.45) is 3.47. The van der Waals surface area contributed by atoms with Crippen molar-refractivity contribution in [3.05, 3.63) is 80.2 Å². The van der Waals surface area contributed by atoms with E-state index in [4.69, 9.17) is 37.9 Å². The number of ether oxygens (including phenoxy) is 2. The molecule has 210 valence electrons. The van der Waals surface area contributed by atoms with E-state index < -0.39 is 5.91 Å². The number of benzene rings is 2. The Hall–Kier alpha value is -4.59. The lowest BCUT2D eigenvalue weighted by Gasteiger charge is -2.17. The lowest BCUT2D eigenvalue weighted by molar-refractivity contribution is -0.112. The first-order valence-corrected chi connectivity index (χ1v) is 13.2. The molecule has 4 aromatic rings. The number of carbonyl (C=O) groups is 1. The summed E-state index contributed by atoms with van der Waals surface area (Å²) in [7, 11) is 4.60. The fourth-order valence-electron chi connectivity index (χ4n) is 4.28. The van der Waals surface area contributed by atoms with Gasteiger partial charge in [0.05, 0.1) is 29.8 Å². The van der Waals surface area contributed by atoms with Crippen LogP contribution in [-0.2, 0) is 17.8 Å². The van der Waals surface area contributed by atoms with E-state index in [0.717, 1.165) is 5.56 Å². The van der Waals surface area contributed by atoms with Crippen molar-refractivity contribution in [2.24, 2.45) is 0 Å². The maximum absolute atomic E-state index is 14.1. The van der Waals surface area contributed by atoms with Gasteiger partial charge in [0, 0.05) is 42.5 Å². The summed E-state index contributed by atoms with van der Waals surface area (Å²) in [6.45, 7) is 1.85. The molecule has 0 spiro atoms. The fourth-order valence-corrected chi connectivity index (χ4v) is 4.98. The number of fused-ring (bicyclic) bond motifs is 1. The Bertz CT molecular complexity index is 1750. The monoisotopic (exact) mass is 592 g/mol. The van der Waals surface area contributed by atoms with Gasteiger partial charge in [-0.3, -0.25) is 14.2 Å². The van der Waals surface area contributed by atoms with Gasteiger partial charge in [-0.2, -0.15) is 10.2 Å². The number of methoxy groups -OCH3 is 2. The highest BCUT2D eigenvalue weighted by molar-refractivity contribution is 6.41. The Balaban J connectivity index is 1.81. The van der Waals surface area contributed by atoms with Crippen LogP contribution < -0.4 is 25.7 Å². The van der Waals surface area contributed by atoms with E-state index in [1.165, 1.54) is 24.9 Å². The number of hydrogen-bond donors (Lipinski definition) is 2. The number of aromatic nitrogens is 3. The highest BCUT2D eigenvalue weighted by Gasteiger charge is 2.23. The quantitative estimate of drug-likeness (QED) is 0.193. The molecule has 0 unspecified atom stereocenters. The molecule has 0 saturated carbocycles. The second-order valence-electron chi connectivity index (χ2n) is 8.74. The van der Waals surface area contributed by atoms with Crippen molar-refractivity contribution in [2.75, 3.05) is 31.9 Å².